The second-order valence-corrected chi connectivity index (χ2v) is 7.91. The maximum absolute atomic E-state index is 12.4. The number of hydrogen-bond donors (Lipinski definition) is 7. The second kappa shape index (κ2) is 14.1. The maximum Gasteiger partial charge on any atom is 0.328 e. The Morgan fingerprint density at radius 2 is 1.72 bits per heavy atom. The largest absolute Gasteiger partial charge is 0.463 e. The molecule has 0 aliphatic carbocycles. The van der Waals surface area contributed by atoms with E-state index in [0.29, 0.717) is 0 Å². The van der Waals surface area contributed by atoms with E-state index in [1.807, 2.05) is 0 Å². The van der Waals surface area contributed by atoms with Crippen LogP contribution in [0.15, 0.2) is 0 Å². The molecule has 0 aromatic rings. The van der Waals surface area contributed by atoms with E-state index < -0.39 is 29.6 Å². The number of esters is 1. The van der Waals surface area contributed by atoms with Crippen LogP contribution >= 0.6 is 11.9 Å². The van der Waals surface area contributed by atoms with Gasteiger partial charge in [0.25, 0.3) is 0 Å². The average Bonchev–Trinajstić information content (AvgIpc) is 2.69. The number of primary amides is 1. The first kappa shape index (κ1) is 28.0. The van der Waals surface area contributed by atoms with E-state index >= 15 is 0 Å². The van der Waals surface area contributed by atoms with Gasteiger partial charge in [-0.3, -0.25) is 14.8 Å². The molecule has 12 heteroatoms. The molecule has 0 saturated heterocycles. The van der Waals surface area contributed by atoms with Gasteiger partial charge in [0.1, 0.15) is 12.1 Å². The van der Waals surface area contributed by atoms with Crippen LogP contribution in [-0.2, 0) is 19.1 Å². The first-order valence-corrected chi connectivity index (χ1v) is 10.5. The molecule has 172 valence electrons. The molecule has 3 unspecified atom stereocenters. The zero-order valence-electron chi connectivity index (χ0n) is 17.6. The van der Waals surface area contributed by atoms with Gasteiger partial charge in [0.05, 0.1) is 45.1 Å². The lowest BCUT2D eigenvalue weighted by atomic mass is 10.0. The zero-order chi connectivity index (χ0) is 22.5. The summed E-state index contributed by atoms with van der Waals surface area (Å²) in [6, 6.07) is -0.626. The van der Waals surface area contributed by atoms with Crippen LogP contribution in [0.25, 0.3) is 0 Å². The summed E-state index contributed by atoms with van der Waals surface area (Å²) in [5.74, 6) is -1.17. The van der Waals surface area contributed by atoms with Crippen molar-refractivity contribution in [1.29, 1.82) is 0 Å². The third kappa shape index (κ3) is 10.6. The van der Waals surface area contributed by atoms with Gasteiger partial charge >= 0.3 is 5.97 Å². The highest BCUT2D eigenvalue weighted by Crippen LogP contribution is 2.11. The Hall–Kier alpha value is -0.990. The van der Waals surface area contributed by atoms with Crippen molar-refractivity contribution in [3.63, 3.8) is 0 Å². The fourth-order valence-corrected chi connectivity index (χ4v) is 2.95. The summed E-state index contributed by atoms with van der Waals surface area (Å²) in [4.78, 5) is 23.2. The Kier molecular flexibility index (Phi) is 13.6. The second-order valence-electron chi connectivity index (χ2n) is 7.30. The molecule has 0 rings (SSSR count). The molecule has 0 heterocycles. The van der Waals surface area contributed by atoms with Crippen molar-refractivity contribution in [2.75, 3.05) is 52.4 Å². The molecule has 0 bridgehead atoms. The molecular weight excluding hydrogens is 404 g/mol. The summed E-state index contributed by atoms with van der Waals surface area (Å²) < 4.78 is 13.7. The number of carbonyl (C=O) groups excluding carboxylic acids is 2. The lowest BCUT2D eigenvalue weighted by Gasteiger charge is -2.32. The van der Waals surface area contributed by atoms with Crippen LogP contribution in [-0.4, -0.2) is 103 Å². The topological polar surface area (TPSA) is 175 Å². The highest BCUT2D eigenvalue weighted by molar-refractivity contribution is 7.96. The molecule has 0 spiro atoms. The van der Waals surface area contributed by atoms with E-state index in [2.05, 4.69) is 15.4 Å². The Bertz CT molecular complexity index is 496. The first-order chi connectivity index (χ1) is 13.6. The average molecular weight is 441 g/mol. The summed E-state index contributed by atoms with van der Waals surface area (Å²) in [5, 5.41) is 34.4. The number of hydrogen-bond acceptors (Lipinski definition) is 11. The standard InChI is InChI=1S/C17H36N4O7S/c1-12(19-5-14(18)25)7-28-15(26)16(3,8-22)20-13(2)6-27-11-17(9-23,10-24)21-29-4/h12-13,19-24H,5-11H2,1-4H3,(H2,18,25). The number of aliphatic hydroxyl groups is 3. The van der Waals surface area contributed by atoms with Gasteiger partial charge in [0, 0.05) is 12.1 Å². The summed E-state index contributed by atoms with van der Waals surface area (Å²) in [6.07, 6.45) is 1.77. The van der Waals surface area contributed by atoms with E-state index in [1.54, 1.807) is 20.1 Å². The molecule has 29 heavy (non-hydrogen) atoms. The molecule has 0 aliphatic heterocycles. The van der Waals surface area contributed by atoms with E-state index in [9.17, 15) is 24.9 Å². The van der Waals surface area contributed by atoms with Gasteiger partial charge in [-0.15, -0.1) is 0 Å². The Labute approximate surface area is 176 Å². The molecule has 0 aliphatic rings. The van der Waals surface area contributed by atoms with Gasteiger partial charge in [-0.1, -0.05) is 11.9 Å². The number of rotatable bonds is 17. The molecule has 3 atom stereocenters. The fraction of sp³-hybridized carbons (Fsp3) is 0.882. The molecule has 0 fully saturated rings. The van der Waals surface area contributed by atoms with Crippen LogP contribution in [0, 0.1) is 0 Å². The minimum absolute atomic E-state index is 0.00411. The smallest absolute Gasteiger partial charge is 0.328 e. The first-order valence-electron chi connectivity index (χ1n) is 9.25. The third-order valence-electron chi connectivity index (χ3n) is 4.09. The van der Waals surface area contributed by atoms with Gasteiger partial charge in [0.15, 0.2) is 0 Å². The normalized spacial score (nSPS) is 16.1. The van der Waals surface area contributed by atoms with Crippen LogP contribution in [0.1, 0.15) is 20.8 Å². The van der Waals surface area contributed by atoms with Gasteiger partial charge < -0.3 is 35.8 Å². The molecule has 8 N–H and O–H groups in total. The summed E-state index contributed by atoms with van der Waals surface area (Å²) in [5.41, 5.74) is 2.71. The highest BCUT2D eigenvalue weighted by Gasteiger charge is 2.36. The molecule has 11 nitrogen and oxygen atoms in total. The van der Waals surface area contributed by atoms with Crippen LogP contribution in [0.3, 0.4) is 0 Å². The molecule has 0 aromatic heterocycles. The predicted molar refractivity (Wildman–Crippen MR) is 110 cm³/mol. The SMILES string of the molecule is CSNC(CO)(CO)COCC(C)NC(C)(CO)C(=O)OCC(C)NCC(N)=O. The minimum Gasteiger partial charge on any atom is -0.463 e. The van der Waals surface area contributed by atoms with Gasteiger partial charge in [-0.2, -0.15) is 0 Å². The number of ether oxygens (including phenoxy) is 2. The van der Waals surface area contributed by atoms with Gasteiger partial charge in [-0.05, 0) is 27.0 Å². The van der Waals surface area contributed by atoms with Crippen molar-refractivity contribution in [1.82, 2.24) is 15.4 Å². The van der Waals surface area contributed by atoms with E-state index in [1.165, 1.54) is 18.9 Å². The minimum atomic E-state index is -1.35. The number of nitrogens with two attached hydrogens (primary N) is 1. The Balaban J connectivity index is 4.57. The lowest BCUT2D eigenvalue weighted by Crippen LogP contribution is -2.58. The van der Waals surface area contributed by atoms with Crippen molar-refractivity contribution in [3.8, 4) is 0 Å². The molecule has 1 amide bonds. The third-order valence-corrected chi connectivity index (χ3v) is 4.73. The van der Waals surface area contributed by atoms with Crippen molar-refractivity contribution in [2.24, 2.45) is 5.73 Å². The molecule has 0 aromatic carbocycles. The maximum atomic E-state index is 12.4. The van der Waals surface area contributed by atoms with Crippen LogP contribution in [0.2, 0.25) is 0 Å². The molecular formula is C17H36N4O7S. The van der Waals surface area contributed by atoms with Crippen LogP contribution in [0.5, 0.6) is 0 Å². The lowest BCUT2D eigenvalue weighted by molar-refractivity contribution is -0.154. The Morgan fingerprint density at radius 1 is 1.10 bits per heavy atom. The predicted octanol–water partition coefficient (Wildman–Crippen LogP) is -2.67. The zero-order valence-corrected chi connectivity index (χ0v) is 18.4. The highest BCUT2D eigenvalue weighted by atomic mass is 32.2. The van der Waals surface area contributed by atoms with E-state index in [4.69, 9.17) is 15.2 Å². The van der Waals surface area contributed by atoms with Crippen molar-refractivity contribution < 1.29 is 34.4 Å². The van der Waals surface area contributed by atoms with Crippen LogP contribution < -0.4 is 21.1 Å². The quantitative estimate of drug-likeness (QED) is 0.0927. The van der Waals surface area contributed by atoms with Gasteiger partial charge in [0.2, 0.25) is 5.91 Å². The van der Waals surface area contributed by atoms with Crippen molar-refractivity contribution in [2.45, 2.75) is 43.9 Å². The van der Waals surface area contributed by atoms with Crippen LogP contribution in [0.4, 0.5) is 0 Å². The fourth-order valence-electron chi connectivity index (χ4n) is 2.33. The number of carbonyl (C=O) groups is 2. The molecule has 0 radical (unpaired) electrons. The number of aliphatic hydroxyl groups excluding tert-OH is 3. The monoisotopic (exact) mass is 440 g/mol. The summed E-state index contributed by atoms with van der Waals surface area (Å²) in [6.45, 7) is 4.07. The van der Waals surface area contributed by atoms with Crippen molar-refractivity contribution >= 4 is 23.8 Å². The Morgan fingerprint density at radius 3 is 2.21 bits per heavy atom. The molecule has 0 saturated carbocycles. The summed E-state index contributed by atoms with van der Waals surface area (Å²) >= 11 is 1.26. The van der Waals surface area contributed by atoms with E-state index in [0.717, 1.165) is 0 Å². The van der Waals surface area contributed by atoms with Crippen molar-refractivity contribution in [3.05, 3.63) is 0 Å². The summed E-state index contributed by atoms with van der Waals surface area (Å²) in [7, 11) is 0. The van der Waals surface area contributed by atoms with E-state index in [-0.39, 0.29) is 51.7 Å². The number of nitrogens with one attached hydrogen (secondary N) is 3. The van der Waals surface area contributed by atoms with Gasteiger partial charge in [-0.25, -0.2) is 4.79 Å². The number of amides is 1.